The van der Waals surface area contributed by atoms with E-state index in [4.69, 9.17) is 28.3 Å². The lowest BCUT2D eigenvalue weighted by molar-refractivity contribution is -0.145. The van der Waals surface area contributed by atoms with E-state index in [1.165, 1.54) is 12.4 Å². The molecule has 39 heavy (non-hydrogen) atoms. The van der Waals surface area contributed by atoms with Crippen LogP contribution in [0.2, 0.25) is 10.0 Å². The van der Waals surface area contributed by atoms with E-state index in [1.54, 1.807) is 0 Å². The number of hydrogen-bond donors (Lipinski definition) is 1. The van der Waals surface area contributed by atoms with Crippen LogP contribution < -0.4 is 0 Å². The van der Waals surface area contributed by atoms with Crippen LogP contribution >= 0.6 is 23.2 Å². The summed E-state index contributed by atoms with van der Waals surface area (Å²) in [5, 5.41) is 13.0. The Morgan fingerprint density at radius 3 is 2.23 bits per heavy atom. The molecule has 4 rings (SSSR count). The van der Waals surface area contributed by atoms with Gasteiger partial charge in [-0.25, -0.2) is 0 Å². The molecule has 1 amide bonds. The number of carboxylic acid groups (broad SMARTS) is 1. The predicted molar refractivity (Wildman–Crippen MR) is 137 cm³/mol. The summed E-state index contributed by atoms with van der Waals surface area (Å²) in [5.41, 5.74) is -2.17. The smallest absolute Gasteiger partial charge is 0.433 e. The first-order valence-corrected chi connectivity index (χ1v) is 13.5. The Kier molecular flexibility index (Phi) is 8.61. The molecule has 8 nitrogen and oxygen atoms in total. The van der Waals surface area contributed by atoms with Gasteiger partial charge in [0, 0.05) is 25.4 Å². The number of amides is 1. The van der Waals surface area contributed by atoms with E-state index in [-0.39, 0.29) is 39.9 Å². The molecular weight excluding hydrogens is 560 g/mol. The van der Waals surface area contributed by atoms with Crippen molar-refractivity contribution < 1.29 is 32.7 Å². The number of carbonyl (C=O) groups excluding carboxylic acids is 2. The lowest BCUT2D eigenvalue weighted by atomic mass is 9.70. The molecule has 13 heteroatoms. The summed E-state index contributed by atoms with van der Waals surface area (Å²) < 4.78 is 44.1. The van der Waals surface area contributed by atoms with Gasteiger partial charge >= 0.3 is 12.1 Å². The molecule has 2 aromatic rings. The van der Waals surface area contributed by atoms with Crippen molar-refractivity contribution in [1.82, 2.24) is 19.7 Å². The molecule has 0 saturated heterocycles. The molecule has 2 aliphatic rings. The average molecular weight is 589 g/mol. The van der Waals surface area contributed by atoms with Gasteiger partial charge in [-0.2, -0.15) is 18.3 Å². The quantitative estimate of drug-likeness (QED) is 0.343. The number of halogens is 5. The normalized spacial score (nSPS) is 20.8. The molecule has 0 spiro atoms. The highest BCUT2D eigenvalue weighted by molar-refractivity contribution is 6.39. The van der Waals surface area contributed by atoms with Crippen molar-refractivity contribution in [1.29, 1.82) is 0 Å². The Hall–Kier alpha value is -2.66. The lowest BCUT2D eigenvalue weighted by Crippen LogP contribution is -2.46. The fourth-order valence-electron chi connectivity index (χ4n) is 5.62. The van der Waals surface area contributed by atoms with E-state index in [9.17, 15) is 27.6 Å². The van der Waals surface area contributed by atoms with E-state index < -0.39 is 47.7 Å². The standard InChI is InChI=1S/C26H29Cl2F3N4O4/c1-25(7-2-8-25)14-34(13-20(36)22-18(27)11-32-12-19(22)28)24(39)17-10-33-35(23(17)26(29,30)31)16-5-3-15(4-6-16)9-21(37)38/h10-12,15-16H,2-9,13-14H2,1H3,(H,37,38). The number of alkyl halides is 3. The lowest BCUT2D eigenvalue weighted by Gasteiger charge is -2.42. The number of ketones is 1. The van der Waals surface area contributed by atoms with Crippen molar-refractivity contribution in [2.75, 3.05) is 13.1 Å². The van der Waals surface area contributed by atoms with Gasteiger partial charge in [0.15, 0.2) is 11.5 Å². The van der Waals surface area contributed by atoms with Crippen molar-refractivity contribution in [2.24, 2.45) is 11.3 Å². The van der Waals surface area contributed by atoms with Gasteiger partial charge in [-0.1, -0.05) is 36.5 Å². The van der Waals surface area contributed by atoms with Crippen LogP contribution in [-0.2, 0) is 11.0 Å². The van der Waals surface area contributed by atoms with Crippen molar-refractivity contribution in [3.05, 3.63) is 45.5 Å². The van der Waals surface area contributed by atoms with Gasteiger partial charge in [0.25, 0.3) is 5.91 Å². The Morgan fingerprint density at radius 1 is 1.10 bits per heavy atom. The minimum absolute atomic E-state index is 0.0166. The third kappa shape index (κ3) is 6.57. The summed E-state index contributed by atoms with van der Waals surface area (Å²) in [5.74, 6) is -2.61. The Bertz CT molecular complexity index is 1230. The molecule has 2 heterocycles. The first-order chi connectivity index (χ1) is 18.3. The number of aliphatic carboxylic acids is 1. The van der Waals surface area contributed by atoms with E-state index in [1.807, 2.05) is 6.92 Å². The van der Waals surface area contributed by atoms with Crippen LogP contribution in [-0.4, -0.2) is 55.5 Å². The van der Waals surface area contributed by atoms with Gasteiger partial charge < -0.3 is 10.0 Å². The van der Waals surface area contributed by atoms with Gasteiger partial charge in [0.1, 0.15) is 0 Å². The average Bonchev–Trinajstić information content (AvgIpc) is 3.28. The number of Topliss-reactive ketones (excluding diaryl/α,β-unsaturated/α-hetero) is 1. The molecule has 0 bridgehead atoms. The second kappa shape index (κ2) is 11.4. The summed E-state index contributed by atoms with van der Waals surface area (Å²) in [6.45, 7) is 1.50. The first kappa shape index (κ1) is 29.3. The van der Waals surface area contributed by atoms with Gasteiger partial charge in [-0.3, -0.25) is 24.0 Å². The van der Waals surface area contributed by atoms with Gasteiger partial charge in [0.2, 0.25) is 0 Å². The van der Waals surface area contributed by atoms with Crippen LogP contribution in [0.15, 0.2) is 18.6 Å². The minimum atomic E-state index is -4.88. The monoisotopic (exact) mass is 588 g/mol. The number of carbonyl (C=O) groups is 3. The van der Waals surface area contributed by atoms with Crippen LogP contribution in [0.1, 0.15) is 90.7 Å². The van der Waals surface area contributed by atoms with Crippen LogP contribution in [0.4, 0.5) is 13.2 Å². The molecule has 0 atom stereocenters. The van der Waals surface area contributed by atoms with Crippen molar-refractivity contribution in [3.63, 3.8) is 0 Å². The van der Waals surface area contributed by atoms with E-state index in [0.29, 0.717) is 25.7 Å². The zero-order valence-electron chi connectivity index (χ0n) is 21.3. The SMILES string of the molecule is CC1(CN(CC(=O)c2c(Cl)cncc2Cl)C(=O)c2cnn(C3CCC(CC(=O)O)CC3)c2C(F)(F)F)CCC1. The van der Waals surface area contributed by atoms with Crippen LogP contribution in [0.3, 0.4) is 0 Å². The number of hydrogen-bond acceptors (Lipinski definition) is 5. The van der Waals surface area contributed by atoms with Crippen molar-refractivity contribution in [2.45, 2.75) is 70.5 Å². The highest BCUT2D eigenvalue weighted by Gasteiger charge is 2.44. The summed E-state index contributed by atoms with van der Waals surface area (Å²) in [4.78, 5) is 42.9. The molecule has 0 radical (unpaired) electrons. The second-order valence-corrected chi connectivity index (χ2v) is 11.7. The number of nitrogens with zero attached hydrogens (tertiary/aromatic N) is 4. The Morgan fingerprint density at radius 2 is 1.72 bits per heavy atom. The van der Waals surface area contributed by atoms with Crippen LogP contribution in [0.5, 0.6) is 0 Å². The minimum Gasteiger partial charge on any atom is -0.481 e. The second-order valence-electron chi connectivity index (χ2n) is 10.8. The number of carboxylic acids is 1. The molecule has 0 aromatic carbocycles. The van der Waals surface area contributed by atoms with E-state index in [2.05, 4.69) is 10.1 Å². The molecule has 1 N–H and O–H groups in total. The third-order valence-electron chi connectivity index (χ3n) is 7.81. The summed E-state index contributed by atoms with van der Waals surface area (Å²) in [6, 6.07) is -0.623. The molecule has 212 valence electrons. The number of pyridine rings is 1. The molecule has 2 aromatic heterocycles. The highest BCUT2D eigenvalue weighted by atomic mass is 35.5. The van der Waals surface area contributed by atoms with E-state index in [0.717, 1.165) is 35.0 Å². The third-order valence-corrected chi connectivity index (χ3v) is 8.38. The molecule has 2 saturated carbocycles. The Labute approximate surface area is 233 Å². The molecule has 2 fully saturated rings. The molecular formula is C26H29Cl2F3N4O4. The maximum Gasteiger partial charge on any atom is 0.433 e. The van der Waals surface area contributed by atoms with Gasteiger partial charge in [0.05, 0.1) is 40.0 Å². The zero-order chi connectivity index (χ0) is 28.5. The largest absolute Gasteiger partial charge is 0.481 e. The number of aromatic nitrogens is 3. The summed E-state index contributed by atoms with van der Waals surface area (Å²) >= 11 is 12.2. The van der Waals surface area contributed by atoms with Crippen LogP contribution in [0, 0.1) is 11.3 Å². The van der Waals surface area contributed by atoms with Gasteiger partial charge in [-0.05, 0) is 49.9 Å². The topological polar surface area (TPSA) is 105 Å². The first-order valence-electron chi connectivity index (χ1n) is 12.8. The maximum absolute atomic E-state index is 14.4. The van der Waals surface area contributed by atoms with Gasteiger partial charge in [-0.15, -0.1) is 0 Å². The maximum atomic E-state index is 14.4. The van der Waals surface area contributed by atoms with E-state index >= 15 is 0 Å². The Balaban J connectivity index is 1.64. The van der Waals surface area contributed by atoms with Crippen molar-refractivity contribution >= 4 is 40.9 Å². The summed E-state index contributed by atoms with van der Waals surface area (Å²) in [7, 11) is 0. The molecule has 0 aliphatic heterocycles. The van der Waals surface area contributed by atoms with Crippen LogP contribution in [0.25, 0.3) is 0 Å². The zero-order valence-corrected chi connectivity index (χ0v) is 22.8. The summed E-state index contributed by atoms with van der Waals surface area (Å²) in [6.07, 6.45) is 2.46. The fourth-order valence-corrected chi connectivity index (χ4v) is 6.19. The fraction of sp³-hybridized carbons (Fsp3) is 0.577. The number of rotatable bonds is 9. The molecule has 0 unspecified atom stereocenters. The van der Waals surface area contributed by atoms with Crippen molar-refractivity contribution in [3.8, 4) is 0 Å². The highest BCUT2D eigenvalue weighted by Crippen LogP contribution is 2.43. The molecule has 2 aliphatic carbocycles. The predicted octanol–water partition coefficient (Wildman–Crippen LogP) is 6.33.